The molecule has 0 aliphatic rings. The quantitative estimate of drug-likeness (QED) is 0.645. The Balaban J connectivity index is 1.59. The number of carbonyl (C=O) groups is 1. The van der Waals surface area contributed by atoms with Crippen LogP contribution in [0.5, 0.6) is 0 Å². The van der Waals surface area contributed by atoms with Gasteiger partial charge in [-0.05, 0) is 24.3 Å². The number of nitrogens with one attached hydrogen (secondary N) is 2. The van der Waals surface area contributed by atoms with Crippen LogP contribution < -0.4 is 10.0 Å². The molecular weight excluding hydrogens is 374 g/mol. The number of aromatic nitrogens is 1. The van der Waals surface area contributed by atoms with Gasteiger partial charge in [0.25, 0.3) is 0 Å². The fraction of sp³-hybridized carbons (Fsp3) is 0.176. The summed E-state index contributed by atoms with van der Waals surface area (Å²) in [4.78, 5) is 16.4. The zero-order valence-electron chi connectivity index (χ0n) is 13.9. The van der Waals surface area contributed by atoms with Gasteiger partial charge < -0.3 is 9.73 Å². The highest BCUT2D eigenvalue weighted by molar-refractivity contribution is 7.92. The van der Waals surface area contributed by atoms with Gasteiger partial charge in [0.1, 0.15) is 10.8 Å². The van der Waals surface area contributed by atoms with Gasteiger partial charge in [0.05, 0.1) is 31.2 Å². The van der Waals surface area contributed by atoms with Gasteiger partial charge in [0, 0.05) is 16.6 Å². The van der Waals surface area contributed by atoms with Gasteiger partial charge in [-0.2, -0.15) is 0 Å². The lowest BCUT2D eigenvalue weighted by molar-refractivity contribution is -0.120. The molecule has 0 aliphatic carbocycles. The summed E-state index contributed by atoms with van der Waals surface area (Å²) < 4.78 is 30.0. The summed E-state index contributed by atoms with van der Waals surface area (Å²) in [5, 5.41) is 5.35. The van der Waals surface area contributed by atoms with E-state index in [1.165, 1.54) is 11.3 Å². The van der Waals surface area contributed by atoms with Crippen LogP contribution in [-0.2, 0) is 27.8 Å². The predicted octanol–water partition coefficient (Wildman–Crippen LogP) is 2.63. The molecule has 2 heterocycles. The van der Waals surface area contributed by atoms with Crippen LogP contribution in [0.1, 0.15) is 10.8 Å². The highest BCUT2D eigenvalue weighted by atomic mass is 32.2. The minimum atomic E-state index is -3.30. The zero-order chi connectivity index (χ0) is 18.6. The number of anilines is 1. The summed E-state index contributed by atoms with van der Waals surface area (Å²) in [6.45, 7) is 0.346. The first-order chi connectivity index (χ1) is 12.4. The summed E-state index contributed by atoms with van der Waals surface area (Å²) in [6.07, 6.45) is 2.86. The Labute approximate surface area is 155 Å². The van der Waals surface area contributed by atoms with Gasteiger partial charge in [-0.3, -0.25) is 9.52 Å². The first kappa shape index (κ1) is 18.2. The van der Waals surface area contributed by atoms with E-state index in [1.54, 1.807) is 42.7 Å². The Kier molecular flexibility index (Phi) is 5.38. The number of rotatable bonds is 7. The van der Waals surface area contributed by atoms with Gasteiger partial charge in [-0.1, -0.05) is 12.1 Å². The van der Waals surface area contributed by atoms with E-state index in [4.69, 9.17) is 4.42 Å². The largest absolute Gasteiger partial charge is 0.467 e. The molecule has 1 aromatic carbocycles. The summed E-state index contributed by atoms with van der Waals surface area (Å²) in [6, 6.07) is 10.5. The summed E-state index contributed by atoms with van der Waals surface area (Å²) in [7, 11) is -3.30. The van der Waals surface area contributed by atoms with Crippen molar-refractivity contribution < 1.29 is 17.6 Å². The molecule has 2 N–H and O–H groups in total. The smallest absolute Gasteiger partial charge is 0.229 e. The molecule has 26 heavy (non-hydrogen) atoms. The van der Waals surface area contributed by atoms with Crippen LogP contribution in [0.25, 0.3) is 11.3 Å². The summed E-state index contributed by atoms with van der Waals surface area (Å²) in [5.74, 6) is 0.566. The van der Waals surface area contributed by atoms with E-state index < -0.39 is 10.0 Å². The van der Waals surface area contributed by atoms with Crippen molar-refractivity contribution in [3.05, 3.63) is 58.8 Å². The lowest BCUT2D eigenvalue weighted by Gasteiger charge is -2.04. The lowest BCUT2D eigenvalue weighted by atomic mass is 10.1. The number of furan rings is 1. The zero-order valence-corrected chi connectivity index (χ0v) is 15.6. The lowest BCUT2D eigenvalue weighted by Crippen LogP contribution is -2.24. The second-order valence-electron chi connectivity index (χ2n) is 5.61. The fourth-order valence-electron chi connectivity index (χ4n) is 2.25. The number of amides is 1. The Morgan fingerprint density at radius 1 is 1.23 bits per heavy atom. The van der Waals surface area contributed by atoms with Gasteiger partial charge in [0.2, 0.25) is 15.9 Å². The maximum absolute atomic E-state index is 12.0. The number of benzene rings is 1. The van der Waals surface area contributed by atoms with E-state index in [1.807, 2.05) is 5.38 Å². The average molecular weight is 391 g/mol. The molecule has 0 bridgehead atoms. The molecule has 0 aliphatic heterocycles. The molecule has 0 saturated heterocycles. The number of hydrogen-bond acceptors (Lipinski definition) is 6. The van der Waals surface area contributed by atoms with Crippen molar-refractivity contribution in [1.82, 2.24) is 10.3 Å². The molecular formula is C17H17N3O4S2. The van der Waals surface area contributed by atoms with Crippen molar-refractivity contribution >= 4 is 33.0 Å². The van der Waals surface area contributed by atoms with Crippen LogP contribution in [0.15, 0.2) is 52.5 Å². The van der Waals surface area contributed by atoms with Crippen LogP contribution in [0.2, 0.25) is 0 Å². The second kappa shape index (κ2) is 7.71. The van der Waals surface area contributed by atoms with Crippen molar-refractivity contribution in [2.24, 2.45) is 0 Å². The first-order valence-electron chi connectivity index (χ1n) is 7.71. The average Bonchev–Trinajstić information content (AvgIpc) is 3.24. The van der Waals surface area contributed by atoms with Crippen molar-refractivity contribution in [2.75, 3.05) is 11.0 Å². The molecule has 0 radical (unpaired) electrons. The van der Waals surface area contributed by atoms with Gasteiger partial charge in [-0.25, -0.2) is 13.4 Å². The number of nitrogens with zero attached hydrogens (tertiary/aromatic N) is 1. The molecule has 9 heteroatoms. The van der Waals surface area contributed by atoms with Gasteiger partial charge >= 0.3 is 0 Å². The minimum Gasteiger partial charge on any atom is -0.467 e. The van der Waals surface area contributed by atoms with E-state index in [0.717, 1.165) is 17.5 Å². The van der Waals surface area contributed by atoms with E-state index in [-0.39, 0.29) is 12.3 Å². The van der Waals surface area contributed by atoms with E-state index in [9.17, 15) is 13.2 Å². The number of hydrogen-bond donors (Lipinski definition) is 2. The topological polar surface area (TPSA) is 101 Å². The van der Waals surface area contributed by atoms with Gasteiger partial charge in [0.15, 0.2) is 0 Å². The Hall–Kier alpha value is -2.65. The molecule has 2 aromatic heterocycles. The van der Waals surface area contributed by atoms with Crippen LogP contribution in [0.3, 0.4) is 0 Å². The second-order valence-corrected chi connectivity index (χ2v) is 8.30. The van der Waals surface area contributed by atoms with Crippen molar-refractivity contribution in [3.8, 4) is 11.3 Å². The number of carbonyl (C=O) groups excluding carboxylic acids is 1. The molecule has 1 amide bonds. The molecule has 0 fully saturated rings. The molecule has 3 aromatic rings. The van der Waals surface area contributed by atoms with Crippen molar-refractivity contribution in [3.63, 3.8) is 0 Å². The third kappa shape index (κ3) is 5.17. The molecule has 0 unspecified atom stereocenters. The normalized spacial score (nSPS) is 11.3. The SMILES string of the molecule is CS(=O)(=O)Nc1ccc(-c2csc(CC(=O)NCc3ccco3)n2)cc1. The highest BCUT2D eigenvalue weighted by Crippen LogP contribution is 2.24. The number of sulfonamides is 1. The Bertz CT molecular complexity index is 977. The predicted molar refractivity (Wildman–Crippen MR) is 100 cm³/mol. The third-order valence-electron chi connectivity index (χ3n) is 3.39. The summed E-state index contributed by atoms with van der Waals surface area (Å²) >= 11 is 1.40. The Morgan fingerprint density at radius 2 is 2.00 bits per heavy atom. The molecule has 7 nitrogen and oxygen atoms in total. The highest BCUT2D eigenvalue weighted by Gasteiger charge is 2.10. The summed E-state index contributed by atoms with van der Waals surface area (Å²) in [5.41, 5.74) is 2.08. The molecule has 0 saturated carbocycles. The van der Waals surface area contributed by atoms with E-state index in [0.29, 0.717) is 23.0 Å². The van der Waals surface area contributed by atoms with Gasteiger partial charge in [-0.15, -0.1) is 11.3 Å². The fourth-order valence-corrected chi connectivity index (χ4v) is 3.61. The van der Waals surface area contributed by atoms with E-state index >= 15 is 0 Å². The van der Waals surface area contributed by atoms with Crippen LogP contribution in [0.4, 0.5) is 5.69 Å². The Morgan fingerprint density at radius 3 is 2.65 bits per heavy atom. The van der Waals surface area contributed by atoms with Crippen LogP contribution >= 0.6 is 11.3 Å². The van der Waals surface area contributed by atoms with E-state index in [2.05, 4.69) is 15.0 Å². The molecule has 0 atom stereocenters. The number of thiazole rings is 1. The molecule has 136 valence electrons. The minimum absolute atomic E-state index is 0.130. The first-order valence-corrected chi connectivity index (χ1v) is 10.5. The third-order valence-corrected chi connectivity index (χ3v) is 4.84. The van der Waals surface area contributed by atoms with Crippen molar-refractivity contribution in [1.29, 1.82) is 0 Å². The maximum Gasteiger partial charge on any atom is 0.229 e. The van der Waals surface area contributed by atoms with Crippen LogP contribution in [0, 0.1) is 0 Å². The molecule has 0 spiro atoms. The molecule has 3 rings (SSSR count). The standard InChI is InChI=1S/C17H17N3O4S2/c1-26(22,23)20-13-6-4-12(5-7-13)15-11-25-17(19-15)9-16(21)18-10-14-3-2-8-24-14/h2-8,11,20H,9-10H2,1H3,(H,18,21). The monoisotopic (exact) mass is 391 g/mol. The maximum atomic E-state index is 12.0. The van der Waals surface area contributed by atoms with Crippen molar-refractivity contribution in [2.45, 2.75) is 13.0 Å². The van der Waals surface area contributed by atoms with Crippen LogP contribution in [-0.4, -0.2) is 25.6 Å².